The maximum Gasteiger partial charge on any atom is 0.148 e. The number of rotatable bonds is 5. The van der Waals surface area contributed by atoms with Gasteiger partial charge < -0.3 is 5.32 Å². The SMILES string of the molecule is Cc1cc(C)n(CCCNc2ncncc2Cl)n1. The normalized spacial score (nSPS) is 10.6. The highest BCUT2D eigenvalue weighted by atomic mass is 35.5. The van der Waals surface area contributed by atoms with Crippen molar-refractivity contribution < 1.29 is 0 Å². The van der Waals surface area contributed by atoms with Crippen LogP contribution in [0.5, 0.6) is 0 Å². The molecule has 18 heavy (non-hydrogen) atoms. The number of hydrogen-bond acceptors (Lipinski definition) is 4. The average molecular weight is 266 g/mol. The summed E-state index contributed by atoms with van der Waals surface area (Å²) >= 11 is 5.94. The van der Waals surface area contributed by atoms with Gasteiger partial charge in [0.05, 0.1) is 11.9 Å². The number of anilines is 1. The summed E-state index contributed by atoms with van der Waals surface area (Å²) in [6.07, 6.45) is 4.02. The standard InChI is InChI=1S/C12H16ClN5/c1-9-6-10(2)18(17-9)5-3-4-15-12-11(13)7-14-8-16-12/h6-8H,3-5H2,1-2H3,(H,14,15,16). The fourth-order valence-corrected chi connectivity index (χ4v) is 1.95. The lowest BCUT2D eigenvalue weighted by atomic mass is 10.4. The first-order chi connectivity index (χ1) is 8.66. The maximum absolute atomic E-state index is 5.94. The van der Waals surface area contributed by atoms with Crippen LogP contribution in [0.15, 0.2) is 18.6 Å². The fourth-order valence-electron chi connectivity index (χ4n) is 1.78. The molecule has 0 atom stereocenters. The van der Waals surface area contributed by atoms with Gasteiger partial charge in [-0.15, -0.1) is 0 Å². The van der Waals surface area contributed by atoms with E-state index >= 15 is 0 Å². The molecule has 5 nitrogen and oxygen atoms in total. The topological polar surface area (TPSA) is 55.6 Å². The largest absolute Gasteiger partial charge is 0.369 e. The van der Waals surface area contributed by atoms with Gasteiger partial charge in [-0.1, -0.05) is 11.6 Å². The second-order valence-electron chi connectivity index (χ2n) is 4.15. The van der Waals surface area contributed by atoms with E-state index in [1.54, 1.807) is 6.20 Å². The predicted molar refractivity (Wildman–Crippen MR) is 71.8 cm³/mol. The number of nitrogens with zero attached hydrogens (tertiary/aromatic N) is 4. The molecular formula is C12H16ClN5. The van der Waals surface area contributed by atoms with Crippen LogP contribution < -0.4 is 5.32 Å². The van der Waals surface area contributed by atoms with Gasteiger partial charge in [0.25, 0.3) is 0 Å². The highest BCUT2D eigenvalue weighted by Gasteiger charge is 2.02. The molecule has 0 aromatic carbocycles. The van der Waals surface area contributed by atoms with Crippen molar-refractivity contribution >= 4 is 17.4 Å². The molecule has 0 fully saturated rings. The molecule has 0 saturated heterocycles. The van der Waals surface area contributed by atoms with E-state index in [0.29, 0.717) is 10.8 Å². The Balaban J connectivity index is 1.80. The Bertz CT molecular complexity index is 523. The number of aromatic nitrogens is 4. The van der Waals surface area contributed by atoms with E-state index in [0.717, 1.165) is 25.2 Å². The minimum atomic E-state index is 0.545. The molecule has 0 saturated carbocycles. The van der Waals surface area contributed by atoms with Crippen molar-refractivity contribution in [3.05, 3.63) is 35.0 Å². The Labute approximate surface area is 111 Å². The van der Waals surface area contributed by atoms with Gasteiger partial charge >= 0.3 is 0 Å². The second-order valence-corrected chi connectivity index (χ2v) is 4.56. The molecule has 1 N–H and O–H groups in total. The third-order valence-corrected chi connectivity index (χ3v) is 2.89. The van der Waals surface area contributed by atoms with E-state index in [1.165, 1.54) is 12.0 Å². The molecule has 0 amide bonds. The lowest BCUT2D eigenvalue weighted by molar-refractivity contribution is 0.573. The number of aryl methyl sites for hydroxylation is 3. The van der Waals surface area contributed by atoms with Gasteiger partial charge in [0.2, 0.25) is 0 Å². The van der Waals surface area contributed by atoms with Crippen LogP contribution in [-0.2, 0) is 6.54 Å². The summed E-state index contributed by atoms with van der Waals surface area (Å²) < 4.78 is 2.01. The first kappa shape index (κ1) is 12.8. The summed E-state index contributed by atoms with van der Waals surface area (Å²) in [4.78, 5) is 7.91. The third-order valence-electron chi connectivity index (χ3n) is 2.61. The van der Waals surface area contributed by atoms with Gasteiger partial charge in [-0.2, -0.15) is 5.10 Å². The van der Waals surface area contributed by atoms with Crippen LogP contribution in [0.3, 0.4) is 0 Å². The zero-order chi connectivity index (χ0) is 13.0. The highest BCUT2D eigenvalue weighted by Crippen LogP contribution is 2.15. The molecule has 2 aromatic rings. The first-order valence-corrected chi connectivity index (χ1v) is 6.25. The molecular weight excluding hydrogens is 250 g/mol. The first-order valence-electron chi connectivity index (χ1n) is 5.87. The van der Waals surface area contributed by atoms with Crippen molar-refractivity contribution in [3.8, 4) is 0 Å². The maximum atomic E-state index is 5.94. The molecule has 2 aromatic heterocycles. The second kappa shape index (κ2) is 5.82. The Morgan fingerprint density at radius 1 is 1.39 bits per heavy atom. The van der Waals surface area contributed by atoms with Crippen molar-refractivity contribution in [1.82, 2.24) is 19.7 Å². The van der Waals surface area contributed by atoms with E-state index in [1.807, 2.05) is 11.6 Å². The molecule has 0 aliphatic carbocycles. The van der Waals surface area contributed by atoms with Gasteiger partial charge in [0.15, 0.2) is 0 Å². The van der Waals surface area contributed by atoms with E-state index < -0.39 is 0 Å². The van der Waals surface area contributed by atoms with Gasteiger partial charge in [-0.25, -0.2) is 9.97 Å². The smallest absolute Gasteiger partial charge is 0.148 e. The lowest BCUT2D eigenvalue weighted by Crippen LogP contribution is -2.10. The summed E-state index contributed by atoms with van der Waals surface area (Å²) in [7, 11) is 0. The predicted octanol–water partition coefficient (Wildman–Crippen LogP) is 2.45. The Hall–Kier alpha value is -1.62. The Morgan fingerprint density at radius 2 is 2.22 bits per heavy atom. The number of hydrogen-bond donors (Lipinski definition) is 1. The third kappa shape index (κ3) is 3.20. The van der Waals surface area contributed by atoms with Crippen molar-refractivity contribution in [2.45, 2.75) is 26.8 Å². The average Bonchev–Trinajstić information content (AvgIpc) is 2.65. The van der Waals surface area contributed by atoms with Gasteiger partial charge in [-0.05, 0) is 26.3 Å². The molecule has 2 rings (SSSR count). The van der Waals surface area contributed by atoms with Crippen LogP contribution in [0, 0.1) is 13.8 Å². The monoisotopic (exact) mass is 265 g/mol. The van der Waals surface area contributed by atoms with Crippen LogP contribution >= 0.6 is 11.6 Å². The zero-order valence-electron chi connectivity index (χ0n) is 10.5. The molecule has 0 aliphatic heterocycles. The van der Waals surface area contributed by atoms with Crippen molar-refractivity contribution in [1.29, 1.82) is 0 Å². The minimum absolute atomic E-state index is 0.545. The molecule has 2 heterocycles. The molecule has 6 heteroatoms. The molecule has 0 aliphatic rings. The van der Waals surface area contributed by atoms with E-state index in [2.05, 4.69) is 33.4 Å². The quantitative estimate of drug-likeness (QED) is 0.844. The van der Waals surface area contributed by atoms with Crippen molar-refractivity contribution in [2.24, 2.45) is 0 Å². The van der Waals surface area contributed by atoms with Gasteiger partial charge in [-0.3, -0.25) is 4.68 Å². The molecule has 0 radical (unpaired) electrons. The summed E-state index contributed by atoms with van der Waals surface area (Å²) in [5, 5.41) is 8.14. The van der Waals surface area contributed by atoms with Crippen LogP contribution in [0.4, 0.5) is 5.82 Å². The minimum Gasteiger partial charge on any atom is -0.369 e. The fraction of sp³-hybridized carbons (Fsp3) is 0.417. The summed E-state index contributed by atoms with van der Waals surface area (Å²) in [5.41, 5.74) is 2.24. The summed E-state index contributed by atoms with van der Waals surface area (Å²) in [6.45, 7) is 5.75. The Kier molecular flexibility index (Phi) is 4.15. The van der Waals surface area contributed by atoms with Crippen molar-refractivity contribution in [3.63, 3.8) is 0 Å². The molecule has 96 valence electrons. The Morgan fingerprint density at radius 3 is 2.89 bits per heavy atom. The van der Waals surface area contributed by atoms with Gasteiger partial charge in [0.1, 0.15) is 17.2 Å². The van der Waals surface area contributed by atoms with Crippen LogP contribution in [0.25, 0.3) is 0 Å². The van der Waals surface area contributed by atoms with Crippen molar-refractivity contribution in [2.75, 3.05) is 11.9 Å². The lowest BCUT2D eigenvalue weighted by Gasteiger charge is -2.07. The zero-order valence-corrected chi connectivity index (χ0v) is 11.3. The van der Waals surface area contributed by atoms with E-state index in [-0.39, 0.29) is 0 Å². The van der Waals surface area contributed by atoms with Crippen LogP contribution in [0.2, 0.25) is 5.02 Å². The number of nitrogens with one attached hydrogen (secondary N) is 1. The number of halogens is 1. The van der Waals surface area contributed by atoms with Crippen LogP contribution in [0.1, 0.15) is 17.8 Å². The summed E-state index contributed by atoms with van der Waals surface area (Å²) in [6, 6.07) is 2.08. The molecule has 0 spiro atoms. The summed E-state index contributed by atoms with van der Waals surface area (Å²) in [5.74, 6) is 0.681. The molecule has 0 bridgehead atoms. The van der Waals surface area contributed by atoms with E-state index in [4.69, 9.17) is 11.6 Å². The van der Waals surface area contributed by atoms with Crippen LogP contribution in [-0.4, -0.2) is 26.3 Å². The highest BCUT2D eigenvalue weighted by molar-refractivity contribution is 6.32. The van der Waals surface area contributed by atoms with Gasteiger partial charge in [0, 0.05) is 18.8 Å². The molecule has 0 unspecified atom stereocenters. The van der Waals surface area contributed by atoms with E-state index in [9.17, 15) is 0 Å².